The van der Waals surface area contributed by atoms with Crippen molar-refractivity contribution in [2.75, 3.05) is 5.73 Å². The third kappa shape index (κ3) is 2.18. The van der Waals surface area contributed by atoms with E-state index in [2.05, 4.69) is 46.5 Å². The first-order valence-corrected chi connectivity index (χ1v) is 7.24. The maximum absolute atomic E-state index is 5.63. The molecule has 2 aromatic heterocycles. The monoisotopic (exact) mass is 285 g/mol. The number of anilines is 1. The van der Waals surface area contributed by atoms with E-state index >= 15 is 0 Å². The van der Waals surface area contributed by atoms with Gasteiger partial charge < -0.3 is 5.73 Å². The summed E-state index contributed by atoms with van der Waals surface area (Å²) < 4.78 is 1.91. The minimum absolute atomic E-state index is 0.472. The van der Waals surface area contributed by atoms with Crippen molar-refractivity contribution in [1.82, 2.24) is 20.0 Å². The molecule has 0 bridgehead atoms. The van der Waals surface area contributed by atoms with Crippen LogP contribution < -0.4 is 5.73 Å². The molecule has 0 radical (unpaired) electrons. The van der Waals surface area contributed by atoms with E-state index in [1.165, 1.54) is 16.9 Å². The average Bonchev–Trinajstić information content (AvgIpc) is 3.05. The predicted octanol–water partition coefficient (Wildman–Crippen LogP) is 2.84. The molecule has 0 saturated carbocycles. The SMILES string of the molecule is CCc1ccc(-n2ncc(-c3nnc(N)s3)c2C)cc1. The highest BCUT2D eigenvalue weighted by Crippen LogP contribution is 2.28. The summed E-state index contributed by atoms with van der Waals surface area (Å²) in [4.78, 5) is 0. The standard InChI is InChI=1S/C14H15N5S/c1-3-10-4-6-11(7-5-10)19-9(2)12(8-16-19)13-17-18-14(15)20-13/h4-8H,3H2,1-2H3,(H2,15,18). The van der Waals surface area contributed by atoms with Crippen LogP contribution in [0.25, 0.3) is 16.3 Å². The van der Waals surface area contributed by atoms with Crippen LogP contribution in [0, 0.1) is 6.92 Å². The molecule has 2 N–H and O–H groups in total. The van der Waals surface area contributed by atoms with E-state index in [4.69, 9.17) is 5.73 Å². The van der Waals surface area contributed by atoms with Gasteiger partial charge in [0.15, 0.2) is 5.01 Å². The summed E-state index contributed by atoms with van der Waals surface area (Å²) in [6, 6.07) is 8.41. The Hall–Kier alpha value is -2.21. The molecule has 0 saturated heterocycles. The second-order valence-corrected chi connectivity index (χ2v) is 5.53. The molecule has 0 aliphatic carbocycles. The highest BCUT2D eigenvalue weighted by Gasteiger charge is 2.13. The normalized spacial score (nSPS) is 10.9. The van der Waals surface area contributed by atoms with Crippen LogP contribution in [0.4, 0.5) is 5.13 Å². The van der Waals surface area contributed by atoms with Gasteiger partial charge in [0, 0.05) is 0 Å². The summed E-state index contributed by atoms with van der Waals surface area (Å²) in [5.74, 6) is 0. The van der Waals surface area contributed by atoms with Crippen LogP contribution in [0.1, 0.15) is 18.2 Å². The van der Waals surface area contributed by atoms with Gasteiger partial charge in [0.2, 0.25) is 5.13 Å². The zero-order chi connectivity index (χ0) is 14.1. The minimum Gasteiger partial charge on any atom is -0.374 e. The van der Waals surface area contributed by atoms with Crippen LogP contribution in [0.5, 0.6) is 0 Å². The van der Waals surface area contributed by atoms with Crippen LogP contribution in [0.3, 0.4) is 0 Å². The first-order chi connectivity index (χ1) is 9.69. The Morgan fingerprint density at radius 2 is 1.95 bits per heavy atom. The lowest BCUT2D eigenvalue weighted by atomic mass is 10.1. The van der Waals surface area contributed by atoms with E-state index in [-0.39, 0.29) is 0 Å². The predicted molar refractivity (Wildman–Crippen MR) is 81.0 cm³/mol. The molecule has 6 heteroatoms. The molecule has 1 aromatic carbocycles. The number of nitrogen functional groups attached to an aromatic ring is 1. The van der Waals surface area contributed by atoms with Gasteiger partial charge in [-0.05, 0) is 31.0 Å². The third-order valence-electron chi connectivity index (χ3n) is 3.27. The van der Waals surface area contributed by atoms with E-state index < -0.39 is 0 Å². The first-order valence-electron chi connectivity index (χ1n) is 6.42. The number of hydrogen-bond acceptors (Lipinski definition) is 5. The number of aryl methyl sites for hydroxylation is 1. The fraction of sp³-hybridized carbons (Fsp3) is 0.214. The number of hydrogen-bond donors (Lipinski definition) is 1. The maximum Gasteiger partial charge on any atom is 0.203 e. The molecule has 3 aromatic rings. The Balaban J connectivity index is 2.01. The van der Waals surface area contributed by atoms with Gasteiger partial charge in [0.1, 0.15) is 0 Å². The van der Waals surface area contributed by atoms with Crippen LogP contribution in [0.15, 0.2) is 30.5 Å². The van der Waals surface area contributed by atoms with Crippen molar-refractivity contribution in [2.24, 2.45) is 0 Å². The second-order valence-electron chi connectivity index (χ2n) is 4.52. The smallest absolute Gasteiger partial charge is 0.203 e. The highest BCUT2D eigenvalue weighted by molar-refractivity contribution is 7.18. The van der Waals surface area contributed by atoms with Gasteiger partial charge in [0.25, 0.3) is 0 Å². The first kappa shape index (κ1) is 12.8. The molecule has 0 atom stereocenters. The molecule has 2 heterocycles. The van der Waals surface area contributed by atoms with E-state index in [9.17, 15) is 0 Å². The van der Waals surface area contributed by atoms with Crippen LogP contribution >= 0.6 is 11.3 Å². The van der Waals surface area contributed by atoms with Gasteiger partial charge in [0.05, 0.1) is 23.1 Å². The molecular weight excluding hydrogens is 270 g/mol. The van der Waals surface area contributed by atoms with Gasteiger partial charge in [-0.3, -0.25) is 0 Å². The van der Waals surface area contributed by atoms with Crippen LogP contribution in [0.2, 0.25) is 0 Å². The van der Waals surface area contributed by atoms with Crippen molar-refractivity contribution in [1.29, 1.82) is 0 Å². The summed E-state index contributed by atoms with van der Waals surface area (Å²) in [7, 11) is 0. The highest BCUT2D eigenvalue weighted by atomic mass is 32.1. The van der Waals surface area contributed by atoms with Crippen molar-refractivity contribution in [3.63, 3.8) is 0 Å². The van der Waals surface area contributed by atoms with Crippen LogP contribution in [-0.2, 0) is 6.42 Å². The van der Waals surface area contributed by atoms with Crippen molar-refractivity contribution < 1.29 is 0 Å². The number of nitrogens with two attached hydrogens (primary N) is 1. The summed E-state index contributed by atoms with van der Waals surface area (Å²) in [6.45, 7) is 4.17. The molecule has 0 spiro atoms. The Morgan fingerprint density at radius 3 is 2.55 bits per heavy atom. The summed E-state index contributed by atoms with van der Waals surface area (Å²) in [5.41, 5.74) is 10.00. The Morgan fingerprint density at radius 1 is 1.20 bits per heavy atom. The Labute approximate surface area is 121 Å². The molecule has 3 rings (SSSR count). The number of rotatable bonds is 3. The third-order valence-corrected chi connectivity index (χ3v) is 4.06. The van der Waals surface area contributed by atoms with E-state index in [0.29, 0.717) is 5.13 Å². The van der Waals surface area contributed by atoms with E-state index in [1.54, 1.807) is 0 Å². The van der Waals surface area contributed by atoms with Crippen LogP contribution in [-0.4, -0.2) is 20.0 Å². The van der Waals surface area contributed by atoms with E-state index in [1.807, 2.05) is 17.8 Å². The molecule has 0 amide bonds. The lowest BCUT2D eigenvalue weighted by Crippen LogP contribution is -1.99. The van der Waals surface area contributed by atoms with Crippen molar-refractivity contribution in [3.8, 4) is 16.3 Å². The zero-order valence-corrected chi connectivity index (χ0v) is 12.2. The van der Waals surface area contributed by atoms with Crippen molar-refractivity contribution in [3.05, 3.63) is 41.7 Å². The molecular formula is C14H15N5S. The lowest BCUT2D eigenvalue weighted by Gasteiger charge is -2.05. The molecule has 20 heavy (non-hydrogen) atoms. The molecule has 0 aliphatic rings. The molecule has 0 aliphatic heterocycles. The van der Waals surface area contributed by atoms with Gasteiger partial charge in [-0.2, -0.15) is 5.10 Å². The largest absolute Gasteiger partial charge is 0.374 e. The summed E-state index contributed by atoms with van der Waals surface area (Å²) in [6.07, 6.45) is 2.84. The van der Waals surface area contributed by atoms with Gasteiger partial charge in [-0.15, -0.1) is 10.2 Å². The Bertz CT molecular complexity index is 726. The molecule has 0 fully saturated rings. The number of aromatic nitrogens is 4. The second kappa shape index (κ2) is 5.05. The maximum atomic E-state index is 5.63. The minimum atomic E-state index is 0.472. The fourth-order valence-corrected chi connectivity index (χ4v) is 2.77. The summed E-state index contributed by atoms with van der Waals surface area (Å²) in [5, 5.41) is 13.6. The quantitative estimate of drug-likeness (QED) is 0.803. The number of nitrogens with zero attached hydrogens (tertiary/aromatic N) is 4. The lowest BCUT2D eigenvalue weighted by molar-refractivity contribution is 0.846. The molecule has 102 valence electrons. The van der Waals surface area contributed by atoms with Crippen molar-refractivity contribution >= 4 is 16.5 Å². The van der Waals surface area contributed by atoms with Crippen molar-refractivity contribution in [2.45, 2.75) is 20.3 Å². The zero-order valence-electron chi connectivity index (χ0n) is 11.4. The summed E-state index contributed by atoms with van der Waals surface area (Å²) >= 11 is 1.37. The average molecular weight is 285 g/mol. The van der Waals surface area contributed by atoms with Gasteiger partial charge >= 0.3 is 0 Å². The molecule has 5 nitrogen and oxygen atoms in total. The van der Waals surface area contributed by atoms with Gasteiger partial charge in [-0.25, -0.2) is 4.68 Å². The molecule has 0 unspecified atom stereocenters. The number of benzene rings is 1. The Kier molecular flexibility index (Phi) is 3.23. The fourth-order valence-electron chi connectivity index (χ4n) is 2.10. The topological polar surface area (TPSA) is 69.6 Å². The van der Waals surface area contributed by atoms with Gasteiger partial charge in [-0.1, -0.05) is 30.4 Å². The van der Waals surface area contributed by atoms with E-state index in [0.717, 1.165) is 28.4 Å².